The molecule has 0 heterocycles. The topological polar surface area (TPSA) is 21.3 Å². The van der Waals surface area contributed by atoms with Crippen LogP contribution in [0.1, 0.15) is 19.4 Å². The molecule has 0 spiro atoms. The number of hydrogen-bond acceptors (Lipinski definition) is 2. The Morgan fingerprint density at radius 1 is 1.39 bits per heavy atom. The molecule has 0 saturated carbocycles. The van der Waals surface area contributed by atoms with Gasteiger partial charge in [-0.25, -0.2) is 0 Å². The van der Waals surface area contributed by atoms with Gasteiger partial charge >= 0.3 is 0 Å². The third-order valence-electron chi connectivity index (χ3n) is 3.28. The Labute approximate surface area is 119 Å². The van der Waals surface area contributed by atoms with E-state index in [4.69, 9.17) is 4.74 Å². The summed E-state index contributed by atoms with van der Waals surface area (Å²) in [5.74, 6) is 1.17. The minimum Gasteiger partial charge on any atom is -0.384 e. The van der Waals surface area contributed by atoms with Crippen molar-refractivity contribution >= 4 is 15.9 Å². The standard InChI is InChI=1S/C15H24BrNO/c1-4-17-10-14(12(2)11-18-3)8-13-6-5-7-15(16)9-13/h5-7,9,12,14,17H,4,8,10-11H2,1-3H3. The molecule has 2 unspecified atom stereocenters. The molecule has 0 fully saturated rings. The molecule has 0 aromatic heterocycles. The van der Waals surface area contributed by atoms with E-state index < -0.39 is 0 Å². The first-order valence-corrected chi connectivity index (χ1v) is 7.40. The fourth-order valence-corrected chi connectivity index (χ4v) is 2.62. The van der Waals surface area contributed by atoms with E-state index in [1.807, 2.05) is 0 Å². The van der Waals surface area contributed by atoms with Crippen molar-refractivity contribution in [1.29, 1.82) is 0 Å². The summed E-state index contributed by atoms with van der Waals surface area (Å²) in [4.78, 5) is 0. The summed E-state index contributed by atoms with van der Waals surface area (Å²) in [5, 5.41) is 3.46. The first-order valence-electron chi connectivity index (χ1n) is 6.61. The van der Waals surface area contributed by atoms with Gasteiger partial charge in [-0.2, -0.15) is 0 Å². The van der Waals surface area contributed by atoms with Gasteiger partial charge in [-0.15, -0.1) is 0 Å². The van der Waals surface area contributed by atoms with Crippen LogP contribution in [0.2, 0.25) is 0 Å². The molecule has 18 heavy (non-hydrogen) atoms. The molecule has 0 radical (unpaired) electrons. The van der Waals surface area contributed by atoms with Crippen molar-refractivity contribution in [2.24, 2.45) is 11.8 Å². The minimum absolute atomic E-state index is 0.563. The largest absolute Gasteiger partial charge is 0.384 e. The molecule has 1 aromatic rings. The molecule has 1 N–H and O–H groups in total. The second kappa shape index (κ2) is 8.68. The summed E-state index contributed by atoms with van der Waals surface area (Å²) < 4.78 is 6.44. The summed E-state index contributed by atoms with van der Waals surface area (Å²) >= 11 is 3.53. The third kappa shape index (κ3) is 5.51. The molecule has 102 valence electrons. The van der Waals surface area contributed by atoms with Gasteiger partial charge in [0.15, 0.2) is 0 Å². The number of nitrogens with one attached hydrogen (secondary N) is 1. The van der Waals surface area contributed by atoms with Crippen molar-refractivity contribution in [3.63, 3.8) is 0 Å². The lowest BCUT2D eigenvalue weighted by molar-refractivity contribution is 0.128. The van der Waals surface area contributed by atoms with Crippen LogP contribution in [0.4, 0.5) is 0 Å². The van der Waals surface area contributed by atoms with Crippen LogP contribution < -0.4 is 5.32 Å². The van der Waals surface area contributed by atoms with Gasteiger partial charge in [-0.05, 0) is 49.0 Å². The van der Waals surface area contributed by atoms with Crippen LogP contribution in [0, 0.1) is 11.8 Å². The predicted octanol–water partition coefficient (Wildman–Crippen LogP) is 3.50. The van der Waals surface area contributed by atoms with E-state index in [-0.39, 0.29) is 0 Å². The Hall–Kier alpha value is -0.380. The Balaban J connectivity index is 2.64. The SMILES string of the molecule is CCNCC(Cc1cccc(Br)c1)C(C)COC. The molecule has 0 aliphatic carbocycles. The number of halogens is 1. The Morgan fingerprint density at radius 3 is 2.78 bits per heavy atom. The number of benzene rings is 1. The normalized spacial score (nSPS) is 14.4. The van der Waals surface area contributed by atoms with Gasteiger partial charge in [0, 0.05) is 18.2 Å². The van der Waals surface area contributed by atoms with Crippen LogP contribution in [0.5, 0.6) is 0 Å². The Kier molecular flexibility index (Phi) is 7.56. The Morgan fingerprint density at radius 2 is 2.17 bits per heavy atom. The average Bonchev–Trinajstić information content (AvgIpc) is 2.34. The second-order valence-corrected chi connectivity index (χ2v) is 5.75. The maximum absolute atomic E-state index is 5.29. The van der Waals surface area contributed by atoms with Gasteiger partial charge in [0.05, 0.1) is 0 Å². The van der Waals surface area contributed by atoms with E-state index in [0.29, 0.717) is 11.8 Å². The first-order chi connectivity index (χ1) is 8.67. The van der Waals surface area contributed by atoms with Crippen LogP contribution in [0.3, 0.4) is 0 Å². The monoisotopic (exact) mass is 313 g/mol. The molecule has 2 nitrogen and oxygen atoms in total. The van der Waals surface area contributed by atoms with Crippen molar-refractivity contribution in [2.45, 2.75) is 20.3 Å². The van der Waals surface area contributed by atoms with E-state index in [1.165, 1.54) is 5.56 Å². The lowest BCUT2D eigenvalue weighted by atomic mass is 9.88. The number of ether oxygens (including phenoxy) is 1. The van der Waals surface area contributed by atoms with Crippen molar-refractivity contribution in [2.75, 3.05) is 26.8 Å². The molecule has 3 heteroatoms. The molecule has 1 rings (SSSR count). The third-order valence-corrected chi connectivity index (χ3v) is 3.77. The number of methoxy groups -OCH3 is 1. The van der Waals surface area contributed by atoms with Gasteiger partial charge in [-0.1, -0.05) is 41.9 Å². The quantitative estimate of drug-likeness (QED) is 0.793. The molecule has 1 aromatic carbocycles. The lowest BCUT2D eigenvalue weighted by Crippen LogP contribution is -2.30. The minimum atomic E-state index is 0.563. The van der Waals surface area contributed by atoms with Crippen LogP contribution in [0.15, 0.2) is 28.7 Å². The second-order valence-electron chi connectivity index (χ2n) is 4.83. The highest BCUT2D eigenvalue weighted by Gasteiger charge is 2.17. The highest BCUT2D eigenvalue weighted by atomic mass is 79.9. The zero-order valence-electron chi connectivity index (χ0n) is 11.6. The smallest absolute Gasteiger partial charge is 0.0491 e. The molecular weight excluding hydrogens is 290 g/mol. The summed E-state index contributed by atoms with van der Waals surface area (Å²) in [6.07, 6.45) is 1.09. The van der Waals surface area contributed by atoms with Crippen molar-refractivity contribution in [3.8, 4) is 0 Å². The van der Waals surface area contributed by atoms with Crippen molar-refractivity contribution in [1.82, 2.24) is 5.32 Å². The predicted molar refractivity (Wildman–Crippen MR) is 80.9 cm³/mol. The van der Waals surface area contributed by atoms with E-state index in [1.54, 1.807) is 7.11 Å². The van der Waals surface area contributed by atoms with Crippen LogP contribution in [-0.2, 0) is 11.2 Å². The van der Waals surface area contributed by atoms with Gasteiger partial charge in [-0.3, -0.25) is 0 Å². The van der Waals surface area contributed by atoms with E-state index >= 15 is 0 Å². The molecule has 0 aliphatic rings. The highest BCUT2D eigenvalue weighted by molar-refractivity contribution is 9.10. The molecule has 0 aliphatic heterocycles. The lowest BCUT2D eigenvalue weighted by Gasteiger charge is -2.24. The van der Waals surface area contributed by atoms with E-state index in [0.717, 1.165) is 30.6 Å². The van der Waals surface area contributed by atoms with Gasteiger partial charge < -0.3 is 10.1 Å². The Bertz CT molecular complexity index is 343. The number of hydrogen-bond donors (Lipinski definition) is 1. The molecule has 2 atom stereocenters. The van der Waals surface area contributed by atoms with Crippen LogP contribution in [-0.4, -0.2) is 26.8 Å². The van der Waals surface area contributed by atoms with Gasteiger partial charge in [0.25, 0.3) is 0 Å². The molecular formula is C15H24BrNO. The van der Waals surface area contributed by atoms with Crippen molar-refractivity contribution in [3.05, 3.63) is 34.3 Å². The van der Waals surface area contributed by atoms with Crippen LogP contribution in [0.25, 0.3) is 0 Å². The van der Waals surface area contributed by atoms with E-state index in [2.05, 4.69) is 59.4 Å². The van der Waals surface area contributed by atoms with Crippen LogP contribution >= 0.6 is 15.9 Å². The molecule has 0 saturated heterocycles. The van der Waals surface area contributed by atoms with E-state index in [9.17, 15) is 0 Å². The summed E-state index contributed by atoms with van der Waals surface area (Å²) in [6, 6.07) is 8.58. The van der Waals surface area contributed by atoms with Gasteiger partial charge in [0.2, 0.25) is 0 Å². The summed E-state index contributed by atoms with van der Waals surface area (Å²) in [6.45, 7) is 7.31. The van der Waals surface area contributed by atoms with Crippen molar-refractivity contribution < 1.29 is 4.74 Å². The highest BCUT2D eigenvalue weighted by Crippen LogP contribution is 2.20. The average molecular weight is 314 g/mol. The molecule has 0 bridgehead atoms. The molecule has 0 amide bonds. The maximum Gasteiger partial charge on any atom is 0.0491 e. The fraction of sp³-hybridized carbons (Fsp3) is 0.600. The zero-order chi connectivity index (χ0) is 13.4. The zero-order valence-corrected chi connectivity index (χ0v) is 13.2. The number of rotatable bonds is 8. The maximum atomic E-state index is 5.29. The first kappa shape index (κ1) is 15.7. The summed E-state index contributed by atoms with van der Waals surface area (Å²) in [7, 11) is 1.78. The fourth-order valence-electron chi connectivity index (χ4n) is 2.17. The van der Waals surface area contributed by atoms with Gasteiger partial charge in [0.1, 0.15) is 0 Å². The summed E-state index contributed by atoms with van der Waals surface area (Å²) in [5.41, 5.74) is 1.38.